The van der Waals surface area contributed by atoms with Crippen LogP contribution >= 0.6 is 22.9 Å². The molecule has 0 unspecified atom stereocenters. The Labute approximate surface area is 101 Å². The summed E-state index contributed by atoms with van der Waals surface area (Å²) < 4.78 is 6.55. The highest BCUT2D eigenvalue weighted by molar-refractivity contribution is 7.18. The van der Waals surface area contributed by atoms with Crippen molar-refractivity contribution in [3.05, 3.63) is 28.9 Å². The van der Waals surface area contributed by atoms with Crippen LogP contribution < -0.4 is 0 Å². The lowest BCUT2D eigenvalue weighted by Gasteiger charge is -1.86. The average molecular weight is 257 g/mol. The molecule has 0 bridgehead atoms. The summed E-state index contributed by atoms with van der Waals surface area (Å²) in [7, 11) is 1.63. The number of fused-ring (bicyclic) bond motifs is 1. The third-order valence-electron chi connectivity index (χ3n) is 1.97. The van der Waals surface area contributed by atoms with Gasteiger partial charge in [0.15, 0.2) is 0 Å². The van der Waals surface area contributed by atoms with Crippen molar-refractivity contribution in [2.24, 2.45) is 0 Å². The van der Waals surface area contributed by atoms with Gasteiger partial charge in [-0.25, -0.2) is 4.52 Å². The summed E-state index contributed by atoms with van der Waals surface area (Å²) in [5, 5.41) is 3.56. The zero-order chi connectivity index (χ0) is 11.5. The van der Waals surface area contributed by atoms with Gasteiger partial charge in [-0.3, -0.25) is 4.79 Å². The van der Waals surface area contributed by atoms with Gasteiger partial charge in [-0.15, -0.1) is 11.3 Å². The minimum Gasteiger partial charge on any atom is -0.381 e. The molecule has 0 radical (unpaired) electrons. The fourth-order valence-corrected chi connectivity index (χ4v) is 2.46. The van der Waals surface area contributed by atoms with Gasteiger partial charge in [-0.2, -0.15) is 5.10 Å². The number of methoxy groups -OCH3 is 1. The first-order valence-electron chi connectivity index (χ1n) is 4.55. The first-order chi connectivity index (χ1) is 7.72. The second-order valence-electron chi connectivity index (χ2n) is 3.07. The smallest absolute Gasteiger partial charge is 0.257 e. The van der Waals surface area contributed by atoms with Gasteiger partial charge in [0.2, 0.25) is 0 Å². The number of carbonyl (C=O) groups is 1. The van der Waals surface area contributed by atoms with E-state index >= 15 is 0 Å². The molecule has 2 rings (SSSR count). The molecule has 0 spiro atoms. The number of aromatic nitrogens is 2. The Kier molecular flexibility index (Phi) is 3.38. The summed E-state index contributed by atoms with van der Waals surface area (Å²) >= 11 is 6.90. The molecule has 0 aliphatic heterocycles. The van der Waals surface area contributed by atoms with Crippen LogP contribution in [0.5, 0.6) is 0 Å². The lowest BCUT2D eigenvalue weighted by atomic mass is 10.4. The molecule has 84 valence electrons. The van der Waals surface area contributed by atoms with Crippen LogP contribution in [0.2, 0.25) is 0 Å². The SMILES string of the molecule is COCC=Cc1cn2ncc(C(=O)Cl)c2s1. The van der Waals surface area contributed by atoms with Crippen LogP contribution in [0.25, 0.3) is 10.9 Å². The molecule has 0 atom stereocenters. The molecule has 2 aromatic rings. The standard InChI is InChI=1S/C10H9ClN2O2S/c1-15-4-2-3-7-6-13-10(16-7)8(5-12-13)9(11)14/h2-3,5-6H,4H2,1H3. The van der Waals surface area contributed by atoms with Crippen molar-refractivity contribution in [1.29, 1.82) is 0 Å². The Hall–Kier alpha value is -1.17. The maximum atomic E-state index is 11.1. The Morgan fingerprint density at radius 1 is 1.75 bits per heavy atom. The maximum Gasteiger partial charge on any atom is 0.257 e. The molecular weight excluding hydrogens is 248 g/mol. The Balaban J connectivity index is 2.33. The van der Waals surface area contributed by atoms with Crippen molar-refractivity contribution >= 4 is 39.1 Å². The van der Waals surface area contributed by atoms with Crippen molar-refractivity contribution in [2.75, 3.05) is 13.7 Å². The molecular formula is C10H9ClN2O2S. The minimum atomic E-state index is -0.482. The van der Waals surface area contributed by atoms with E-state index in [1.165, 1.54) is 17.5 Å². The van der Waals surface area contributed by atoms with Crippen molar-refractivity contribution < 1.29 is 9.53 Å². The Morgan fingerprint density at radius 2 is 2.56 bits per heavy atom. The predicted octanol–water partition coefficient (Wildman–Crippen LogP) is 2.43. The van der Waals surface area contributed by atoms with Crippen LogP contribution in [-0.4, -0.2) is 28.6 Å². The monoisotopic (exact) mass is 256 g/mol. The van der Waals surface area contributed by atoms with Gasteiger partial charge in [0.1, 0.15) is 4.83 Å². The lowest BCUT2D eigenvalue weighted by molar-refractivity contribution is 0.108. The van der Waals surface area contributed by atoms with Gasteiger partial charge in [-0.05, 0) is 17.7 Å². The number of rotatable bonds is 4. The summed E-state index contributed by atoms with van der Waals surface area (Å²) in [5.41, 5.74) is 0.443. The number of thiazole rings is 1. The predicted molar refractivity (Wildman–Crippen MR) is 64.2 cm³/mol. The van der Waals surface area contributed by atoms with Crippen molar-refractivity contribution in [3.8, 4) is 0 Å². The van der Waals surface area contributed by atoms with E-state index in [1.54, 1.807) is 11.6 Å². The van der Waals surface area contributed by atoms with E-state index in [1.807, 2.05) is 18.3 Å². The molecule has 0 fully saturated rings. The average Bonchev–Trinajstić information content (AvgIpc) is 2.76. The van der Waals surface area contributed by atoms with Crippen LogP contribution in [0.15, 0.2) is 18.5 Å². The summed E-state index contributed by atoms with van der Waals surface area (Å²) in [6.07, 6.45) is 7.14. The normalized spacial score (nSPS) is 11.6. The van der Waals surface area contributed by atoms with Crippen LogP contribution in [0, 0.1) is 0 Å². The van der Waals surface area contributed by atoms with Crippen LogP contribution in [0.3, 0.4) is 0 Å². The molecule has 0 aliphatic rings. The topological polar surface area (TPSA) is 43.6 Å². The van der Waals surface area contributed by atoms with Crippen LogP contribution in [-0.2, 0) is 4.74 Å². The number of hydrogen-bond donors (Lipinski definition) is 0. The van der Waals surface area contributed by atoms with E-state index in [4.69, 9.17) is 16.3 Å². The van der Waals surface area contributed by atoms with E-state index < -0.39 is 5.24 Å². The summed E-state index contributed by atoms with van der Waals surface area (Å²) in [5.74, 6) is 0. The molecule has 0 saturated carbocycles. The summed E-state index contributed by atoms with van der Waals surface area (Å²) in [4.78, 5) is 12.8. The molecule has 0 amide bonds. The van der Waals surface area contributed by atoms with Crippen LogP contribution in [0.4, 0.5) is 0 Å². The van der Waals surface area contributed by atoms with E-state index in [-0.39, 0.29) is 0 Å². The number of halogens is 1. The third-order valence-corrected chi connectivity index (χ3v) is 3.25. The van der Waals surface area contributed by atoms with E-state index in [0.717, 1.165) is 9.71 Å². The zero-order valence-corrected chi connectivity index (χ0v) is 10.1. The highest BCUT2D eigenvalue weighted by Crippen LogP contribution is 2.23. The fourth-order valence-electron chi connectivity index (χ4n) is 1.28. The number of ether oxygens (including phenoxy) is 1. The molecule has 6 heteroatoms. The van der Waals surface area contributed by atoms with Crippen molar-refractivity contribution in [3.63, 3.8) is 0 Å². The molecule has 0 aromatic carbocycles. The number of hydrogen-bond acceptors (Lipinski definition) is 4. The first kappa shape index (κ1) is 11.3. The maximum absolute atomic E-state index is 11.1. The fraction of sp³-hybridized carbons (Fsp3) is 0.200. The summed E-state index contributed by atoms with van der Waals surface area (Å²) in [6, 6.07) is 0. The van der Waals surface area contributed by atoms with Gasteiger partial charge >= 0.3 is 0 Å². The van der Waals surface area contributed by atoms with Gasteiger partial charge in [0, 0.05) is 18.2 Å². The highest BCUT2D eigenvalue weighted by Gasteiger charge is 2.12. The van der Waals surface area contributed by atoms with Gasteiger partial charge in [-0.1, -0.05) is 6.08 Å². The van der Waals surface area contributed by atoms with E-state index in [0.29, 0.717) is 12.2 Å². The first-order valence-corrected chi connectivity index (χ1v) is 5.74. The van der Waals surface area contributed by atoms with E-state index in [9.17, 15) is 4.79 Å². The molecule has 16 heavy (non-hydrogen) atoms. The van der Waals surface area contributed by atoms with Gasteiger partial charge in [0.05, 0.1) is 18.4 Å². The summed E-state index contributed by atoms with van der Waals surface area (Å²) in [6.45, 7) is 0.557. The quantitative estimate of drug-likeness (QED) is 0.789. The van der Waals surface area contributed by atoms with Crippen molar-refractivity contribution in [2.45, 2.75) is 0 Å². The third kappa shape index (κ3) is 2.16. The van der Waals surface area contributed by atoms with Gasteiger partial charge < -0.3 is 4.74 Å². The van der Waals surface area contributed by atoms with Crippen molar-refractivity contribution in [1.82, 2.24) is 9.61 Å². The Bertz CT molecular complexity index is 544. The van der Waals surface area contributed by atoms with E-state index in [2.05, 4.69) is 5.10 Å². The second kappa shape index (κ2) is 4.78. The van der Waals surface area contributed by atoms with Crippen LogP contribution in [0.1, 0.15) is 15.2 Å². The largest absolute Gasteiger partial charge is 0.381 e. The number of carbonyl (C=O) groups excluding carboxylic acids is 1. The molecule has 0 aliphatic carbocycles. The molecule has 2 aromatic heterocycles. The molecule has 0 saturated heterocycles. The lowest BCUT2D eigenvalue weighted by Crippen LogP contribution is -1.83. The number of nitrogens with zero attached hydrogens (tertiary/aromatic N) is 2. The zero-order valence-electron chi connectivity index (χ0n) is 8.51. The molecule has 2 heterocycles. The second-order valence-corrected chi connectivity index (χ2v) is 4.48. The molecule has 0 N–H and O–H groups in total. The highest BCUT2D eigenvalue weighted by atomic mass is 35.5. The molecule has 4 nitrogen and oxygen atoms in total. The van der Waals surface area contributed by atoms with Gasteiger partial charge in [0.25, 0.3) is 5.24 Å². The minimum absolute atomic E-state index is 0.443. The Morgan fingerprint density at radius 3 is 3.25 bits per heavy atom.